The maximum absolute atomic E-state index is 5.59. The first-order valence-corrected chi connectivity index (χ1v) is 6.56. The second-order valence-electron chi connectivity index (χ2n) is 4.67. The fourth-order valence-corrected chi connectivity index (χ4v) is 2.26. The van der Waals surface area contributed by atoms with Gasteiger partial charge in [-0.3, -0.25) is 4.99 Å². The van der Waals surface area contributed by atoms with Gasteiger partial charge in [-0.05, 0) is 37.1 Å². The Labute approximate surface area is 122 Å². The summed E-state index contributed by atoms with van der Waals surface area (Å²) < 4.78 is 5.27. The molecule has 7 nitrogen and oxygen atoms in total. The summed E-state index contributed by atoms with van der Waals surface area (Å²) in [5.41, 5.74) is 19.4. The van der Waals surface area contributed by atoms with Crippen molar-refractivity contribution in [3.8, 4) is 5.75 Å². The first-order chi connectivity index (χ1) is 10.0. The second kappa shape index (κ2) is 6.17. The molecule has 0 fully saturated rings. The van der Waals surface area contributed by atoms with Crippen LogP contribution < -0.4 is 21.9 Å². The van der Waals surface area contributed by atoms with Crippen LogP contribution in [0.4, 0.5) is 0 Å². The number of hydrogen-bond donors (Lipinski definition) is 4. The highest BCUT2D eigenvalue weighted by molar-refractivity contribution is 5.92. The molecule has 0 aliphatic carbocycles. The summed E-state index contributed by atoms with van der Waals surface area (Å²) >= 11 is 0. The lowest BCUT2D eigenvalue weighted by Crippen LogP contribution is -2.26. The highest BCUT2D eigenvalue weighted by Gasteiger charge is 2.09. The van der Waals surface area contributed by atoms with E-state index in [4.69, 9.17) is 21.9 Å². The van der Waals surface area contributed by atoms with Crippen LogP contribution in [-0.4, -0.2) is 30.6 Å². The number of hydrogen-bond acceptors (Lipinski definition) is 2. The van der Waals surface area contributed by atoms with E-state index in [0.29, 0.717) is 6.54 Å². The third-order valence-corrected chi connectivity index (χ3v) is 3.21. The molecule has 0 aliphatic heterocycles. The lowest BCUT2D eigenvalue weighted by molar-refractivity contribution is 0.415. The molecule has 21 heavy (non-hydrogen) atoms. The van der Waals surface area contributed by atoms with E-state index in [-0.39, 0.29) is 11.9 Å². The summed E-state index contributed by atoms with van der Waals surface area (Å²) in [6, 6.07) is 5.94. The number of aryl methyl sites for hydroxylation is 1. The van der Waals surface area contributed by atoms with Crippen LogP contribution in [0.5, 0.6) is 5.75 Å². The molecule has 7 heteroatoms. The van der Waals surface area contributed by atoms with Gasteiger partial charge < -0.3 is 26.9 Å². The molecule has 0 bridgehead atoms. The lowest BCUT2D eigenvalue weighted by atomic mass is 10.1. The molecule has 0 atom stereocenters. The predicted molar refractivity (Wildman–Crippen MR) is 85.6 cm³/mol. The van der Waals surface area contributed by atoms with Crippen molar-refractivity contribution in [3.05, 3.63) is 29.5 Å². The third kappa shape index (κ3) is 3.44. The normalized spacial score (nSPS) is 11.6. The van der Waals surface area contributed by atoms with Gasteiger partial charge >= 0.3 is 0 Å². The van der Waals surface area contributed by atoms with Crippen molar-refractivity contribution in [2.75, 3.05) is 13.7 Å². The summed E-state index contributed by atoms with van der Waals surface area (Å²) in [5.74, 6) is 0.820. The summed E-state index contributed by atoms with van der Waals surface area (Å²) in [4.78, 5) is 11.2. The zero-order chi connectivity index (χ0) is 15.4. The first kappa shape index (κ1) is 14.7. The molecule has 2 aromatic rings. The highest BCUT2D eigenvalue weighted by atomic mass is 16.5. The van der Waals surface area contributed by atoms with Crippen LogP contribution >= 0.6 is 0 Å². The Bertz CT molecular complexity index is 697. The number of fused-ring (bicyclic) bond motifs is 1. The number of H-pyrrole nitrogens is 1. The lowest BCUT2D eigenvalue weighted by Gasteiger charge is -2.02. The van der Waals surface area contributed by atoms with Crippen molar-refractivity contribution in [1.82, 2.24) is 4.98 Å². The van der Waals surface area contributed by atoms with E-state index >= 15 is 0 Å². The average molecular weight is 288 g/mol. The number of rotatable bonds is 4. The Morgan fingerprint density at radius 1 is 1.29 bits per heavy atom. The maximum atomic E-state index is 5.59. The molecule has 2 rings (SSSR count). The van der Waals surface area contributed by atoms with Gasteiger partial charge in [0.2, 0.25) is 5.96 Å². The number of aromatic amines is 1. The smallest absolute Gasteiger partial charge is 0.218 e. The number of guanidine groups is 2. The Balaban J connectivity index is 2.22. The Morgan fingerprint density at radius 2 is 2.05 bits per heavy atom. The van der Waals surface area contributed by atoms with Gasteiger partial charge in [-0.1, -0.05) is 0 Å². The van der Waals surface area contributed by atoms with Crippen molar-refractivity contribution in [2.24, 2.45) is 27.2 Å². The van der Waals surface area contributed by atoms with Gasteiger partial charge in [-0.15, -0.1) is 0 Å². The largest absolute Gasteiger partial charge is 0.497 e. The zero-order valence-corrected chi connectivity index (χ0v) is 12.2. The molecule has 7 N–H and O–H groups in total. The molecule has 112 valence electrons. The van der Waals surface area contributed by atoms with Crippen molar-refractivity contribution < 1.29 is 4.74 Å². The quantitative estimate of drug-likeness (QED) is 0.485. The van der Waals surface area contributed by atoms with Gasteiger partial charge in [0.25, 0.3) is 0 Å². The molecule has 0 amide bonds. The fraction of sp³-hybridized carbons (Fsp3) is 0.286. The van der Waals surface area contributed by atoms with E-state index in [1.165, 1.54) is 5.56 Å². The van der Waals surface area contributed by atoms with E-state index in [1.807, 2.05) is 25.1 Å². The molecular formula is C14H20N6O. The van der Waals surface area contributed by atoms with Gasteiger partial charge in [0, 0.05) is 23.1 Å². The summed E-state index contributed by atoms with van der Waals surface area (Å²) in [5, 5.41) is 1.13. The zero-order valence-electron chi connectivity index (χ0n) is 12.2. The van der Waals surface area contributed by atoms with E-state index < -0.39 is 0 Å². The number of aromatic nitrogens is 1. The minimum atomic E-state index is -0.0933. The average Bonchev–Trinajstić information content (AvgIpc) is 2.73. The molecule has 0 unspecified atom stereocenters. The van der Waals surface area contributed by atoms with E-state index in [2.05, 4.69) is 15.0 Å². The Hall–Kier alpha value is -2.70. The van der Waals surface area contributed by atoms with Gasteiger partial charge in [0.05, 0.1) is 7.11 Å². The van der Waals surface area contributed by atoms with Crippen LogP contribution in [0.1, 0.15) is 11.3 Å². The van der Waals surface area contributed by atoms with Crippen molar-refractivity contribution in [1.29, 1.82) is 0 Å². The summed E-state index contributed by atoms with van der Waals surface area (Å²) in [6.45, 7) is 2.54. The molecule has 1 aromatic carbocycles. The number of ether oxygens (including phenoxy) is 1. The molecule has 0 saturated heterocycles. The van der Waals surface area contributed by atoms with Crippen LogP contribution in [0, 0.1) is 6.92 Å². The van der Waals surface area contributed by atoms with Gasteiger partial charge in [-0.25, -0.2) is 0 Å². The topological polar surface area (TPSA) is 128 Å². The Kier molecular flexibility index (Phi) is 4.32. The summed E-state index contributed by atoms with van der Waals surface area (Å²) in [7, 11) is 1.65. The van der Waals surface area contributed by atoms with Crippen LogP contribution in [0.2, 0.25) is 0 Å². The number of nitrogens with one attached hydrogen (secondary N) is 1. The third-order valence-electron chi connectivity index (χ3n) is 3.21. The maximum Gasteiger partial charge on any atom is 0.218 e. The van der Waals surface area contributed by atoms with E-state index in [1.54, 1.807) is 7.11 Å². The van der Waals surface area contributed by atoms with Crippen LogP contribution in [0.15, 0.2) is 28.2 Å². The number of aliphatic imine (C=N–C) groups is 2. The summed E-state index contributed by atoms with van der Waals surface area (Å²) in [6.07, 6.45) is 0.736. The van der Waals surface area contributed by atoms with Gasteiger partial charge in [-0.2, -0.15) is 4.99 Å². The van der Waals surface area contributed by atoms with Crippen molar-refractivity contribution >= 4 is 22.8 Å². The van der Waals surface area contributed by atoms with Crippen LogP contribution in [0.25, 0.3) is 10.9 Å². The SMILES string of the molecule is COc1ccc2[nH]c(C)c(CCN=C(N)N=C(N)N)c2c1. The van der Waals surface area contributed by atoms with Gasteiger partial charge in [0.1, 0.15) is 5.75 Å². The number of methoxy groups -OCH3 is 1. The first-order valence-electron chi connectivity index (χ1n) is 6.56. The second-order valence-corrected chi connectivity index (χ2v) is 4.67. The molecule has 1 heterocycles. The highest BCUT2D eigenvalue weighted by Crippen LogP contribution is 2.26. The van der Waals surface area contributed by atoms with E-state index in [9.17, 15) is 0 Å². The number of benzene rings is 1. The van der Waals surface area contributed by atoms with E-state index in [0.717, 1.165) is 28.8 Å². The molecular weight excluding hydrogens is 268 g/mol. The van der Waals surface area contributed by atoms with Crippen LogP contribution in [-0.2, 0) is 6.42 Å². The molecule has 0 radical (unpaired) electrons. The standard InChI is InChI=1S/C14H20N6O/c1-8-10(5-6-18-14(17)20-13(15)16)11-7-9(21-2)3-4-12(11)19-8/h3-4,7,19H,5-6H2,1-2H3,(H6,15,16,17,18,20). The number of nitrogens with two attached hydrogens (primary N) is 3. The van der Waals surface area contributed by atoms with Gasteiger partial charge in [0.15, 0.2) is 5.96 Å². The van der Waals surface area contributed by atoms with Crippen molar-refractivity contribution in [3.63, 3.8) is 0 Å². The van der Waals surface area contributed by atoms with Crippen molar-refractivity contribution in [2.45, 2.75) is 13.3 Å². The predicted octanol–water partition coefficient (Wildman–Crippen LogP) is 0.616. The molecule has 0 aliphatic rings. The minimum Gasteiger partial charge on any atom is -0.497 e. The molecule has 0 saturated carbocycles. The fourth-order valence-electron chi connectivity index (χ4n) is 2.26. The Morgan fingerprint density at radius 3 is 2.71 bits per heavy atom. The molecule has 0 spiro atoms. The monoisotopic (exact) mass is 288 g/mol. The molecule has 1 aromatic heterocycles. The number of nitrogens with zero attached hydrogens (tertiary/aromatic N) is 2. The van der Waals surface area contributed by atoms with Crippen LogP contribution in [0.3, 0.4) is 0 Å². The minimum absolute atomic E-state index is 0.0880.